The van der Waals surface area contributed by atoms with Crippen LogP contribution in [0.3, 0.4) is 0 Å². The summed E-state index contributed by atoms with van der Waals surface area (Å²) in [6.45, 7) is 3.43. The Hall–Kier alpha value is -2.37. The highest BCUT2D eigenvalue weighted by Crippen LogP contribution is 2.60. The lowest BCUT2D eigenvalue weighted by Gasteiger charge is -2.55. The van der Waals surface area contributed by atoms with Gasteiger partial charge < -0.3 is 15.4 Å². The zero-order valence-corrected chi connectivity index (χ0v) is 17.3. The van der Waals surface area contributed by atoms with Crippen molar-refractivity contribution in [1.82, 2.24) is 5.32 Å². The number of esters is 1. The molecule has 4 fully saturated rings. The summed E-state index contributed by atoms with van der Waals surface area (Å²) in [6.07, 6.45) is 6.67. The number of aryl methyl sites for hydroxylation is 2. The molecule has 0 heterocycles. The summed E-state index contributed by atoms with van der Waals surface area (Å²) in [7, 11) is 0. The monoisotopic (exact) mass is 398 g/mol. The van der Waals surface area contributed by atoms with Crippen LogP contribution in [0.1, 0.15) is 49.7 Å². The third kappa shape index (κ3) is 4.31. The molecule has 4 saturated carbocycles. The zero-order chi connectivity index (χ0) is 20.6. The van der Waals surface area contributed by atoms with Gasteiger partial charge in [-0.05, 0) is 93.4 Å². The lowest BCUT2D eigenvalue weighted by Crippen LogP contribution is -2.54. The van der Waals surface area contributed by atoms with Crippen molar-refractivity contribution in [3.05, 3.63) is 29.3 Å². The van der Waals surface area contributed by atoms with Crippen LogP contribution >= 0.6 is 0 Å². The van der Waals surface area contributed by atoms with Gasteiger partial charge in [-0.25, -0.2) is 0 Å². The van der Waals surface area contributed by atoms with Crippen molar-refractivity contribution in [3.63, 3.8) is 0 Å². The summed E-state index contributed by atoms with van der Waals surface area (Å²) >= 11 is 0. The quantitative estimate of drug-likeness (QED) is 0.721. The SMILES string of the molecule is Cc1ccc(NC(=O)COC(=O)CNC(=O)C23CC4CC(CC(C4)C2)C3)cc1C. The molecule has 29 heavy (non-hydrogen) atoms. The highest BCUT2D eigenvalue weighted by molar-refractivity contribution is 5.93. The Bertz CT molecular complexity index is 797. The predicted octanol–water partition coefficient (Wildman–Crippen LogP) is 3.12. The van der Waals surface area contributed by atoms with Crippen LogP contribution in [0.4, 0.5) is 5.69 Å². The first-order valence-electron chi connectivity index (χ1n) is 10.6. The zero-order valence-electron chi connectivity index (χ0n) is 17.3. The molecule has 0 aliphatic heterocycles. The van der Waals surface area contributed by atoms with Gasteiger partial charge in [0.1, 0.15) is 6.54 Å². The van der Waals surface area contributed by atoms with Gasteiger partial charge in [0.15, 0.2) is 6.61 Å². The standard InChI is InChI=1S/C23H30N2O4/c1-14-3-4-19(5-15(14)2)25-20(26)13-29-21(27)12-24-22(28)23-9-16-6-17(10-23)8-18(7-16)11-23/h3-5,16-18H,6-13H2,1-2H3,(H,24,28)(H,25,26). The minimum Gasteiger partial charge on any atom is -0.454 e. The molecule has 5 rings (SSSR count). The van der Waals surface area contributed by atoms with E-state index < -0.39 is 11.9 Å². The molecule has 0 aromatic heterocycles. The molecule has 6 nitrogen and oxygen atoms in total. The Labute approximate surface area is 171 Å². The number of anilines is 1. The molecular formula is C23H30N2O4. The number of benzene rings is 1. The molecule has 6 heteroatoms. The Balaban J connectivity index is 1.21. The molecule has 0 saturated heterocycles. The summed E-state index contributed by atoms with van der Waals surface area (Å²) in [5.41, 5.74) is 2.61. The molecule has 1 aromatic rings. The molecule has 2 N–H and O–H groups in total. The third-order valence-electron chi connectivity index (χ3n) is 7.07. The maximum absolute atomic E-state index is 12.8. The van der Waals surface area contributed by atoms with Gasteiger partial charge in [0, 0.05) is 11.1 Å². The number of carbonyl (C=O) groups excluding carboxylic acids is 3. The van der Waals surface area contributed by atoms with Crippen LogP contribution in [0.15, 0.2) is 18.2 Å². The molecule has 4 aliphatic rings. The van der Waals surface area contributed by atoms with E-state index in [0.717, 1.165) is 30.4 Å². The van der Waals surface area contributed by atoms with E-state index >= 15 is 0 Å². The molecule has 2 amide bonds. The van der Waals surface area contributed by atoms with E-state index in [1.807, 2.05) is 32.0 Å². The van der Waals surface area contributed by atoms with Crippen LogP contribution in [-0.2, 0) is 19.1 Å². The summed E-state index contributed by atoms with van der Waals surface area (Å²) in [6, 6.07) is 5.62. The molecular weight excluding hydrogens is 368 g/mol. The molecule has 156 valence electrons. The van der Waals surface area contributed by atoms with E-state index in [1.165, 1.54) is 19.3 Å². The highest BCUT2D eigenvalue weighted by atomic mass is 16.5. The number of ether oxygens (including phenoxy) is 1. The Morgan fingerprint density at radius 1 is 1.00 bits per heavy atom. The largest absolute Gasteiger partial charge is 0.454 e. The maximum atomic E-state index is 12.8. The second-order valence-corrected chi connectivity index (χ2v) is 9.39. The van der Waals surface area contributed by atoms with Crippen molar-refractivity contribution in [2.75, 3.05) is 18.5 Å². The molecule has 0 radical (unpaired) electrons. The van der Waals surface area contributed by atoms with Crippen molar-refractivity contribution >= 4 is 23.5 Å². The van der Waals surface area contributed by atoms with Gasteiger partial charge in [-0.3, -0.25) is 14.4 Å². The van der Waals surface area contributed by atoms with Gasteiger partial charge in [0.2, 0.25) is 5.91 Å². The van der Waals surface area contributed by atoms with E-state index in [1.54, 1.807) is 0 Å². The van der Waals surface area contributed by atoms with Crippen molar-refractivity contribution in [1.29, 1.82) is 0 Å². The van der Waals surface area contributed by atoms with E-state index in [2.05, 4.69) is 10.6 Å². The van der Waals surface area contributed by atoms with Crippen molar-refractivity contribution in [3.8, 4) is 0 Å². The van der Waals surface area contributed by atoms with Crippen LogP contribution in [0.2, 0.25) is 0 Å². The fraction of sp³-hybridized carbons (Fsp3) is 0.609. The van der Waals surface area contributed by atoms with Crippen molar-refractivity contribution in [2.24, 2.45) is 23.2 Å². The summed E-state index contributed by atoms with van der Waals surface area (Å²) in [4.78, 5) is 36.9. The van der Waals surface area contributed by atoms with Crippen LogP contribution in [0, 0.1) is 37.0 Å². The van der Waals surface area contributed by atoms with Gasteiger partial charge in [0.25, 0.3) is 5.91 Å². The lowest BCUT2D eigenvalue weighted by molar-refractivity contribution is -0.152. The molecule has 1 aromatic carbocycles. The van der Waals surface area contributed by atoms with E-state index in [4.69, 9.17) is 4.74 Å². The minimum atomic E-state index is -0.585. The number of hydrogen-bond donors (Lipinski definition) is 2. The average molecular weight is 399 g/mol. The summed E-state index contributed by atoms with van der Waals surface area (Å²) < 4.78 is 5.03. The van der Waals surface area contributed by atoms with E-state index in [9.17, 15) is 14.4 Å². The van der Waals surface area contributed by atoms with Gasteiger partial charge in [-0.15, -0.1) is 0 Å². The smallest absolute Gasteiger partial charge is 0.325 e. The van der Waals surface area contributed by atoms with Gasteiger partial charge in [-0.1, -0.05) is 6.07 Å². The van der Waals surface area contributed by atoms with Crippen LogP contribution in [0.5, 0.6) is 0 Å². The Kier molecular flexibility index (Phi) is 5.36. The first kappa shape index (κ1) is 19.9. The molecule has 0 spiro atoms. The molecule has 0 unspecified atom stereocenters. The second-order valence-electron chi connectivity index (χ2n) is 9.39. The average Bonchev–Trinajstić information content (AvgIpc) is 2.66. The summed E-state index contributed by atoms with van der Waals surface area (Å²) in [5, 5.41) is 5.50. The molecule has 4 aliphatic carbocycles. The van der Waals surface area contributed by atoms with Gasteiger partial charge in [0.05, 0.1) is 0 Å². The Morgan fingerprint density at radius 2 is 1.62 bits per heavy atom. The van der Waals surface area contributed by atoms with Crippen LogP contribution in [-0.4, -0.2) is 30.9 Å². The first-order valence-corrected chi connectivity index (χ1v) is 10.6. The van der Waals surface area contributed by atoms with E-state index in [0.29, 0.717) is 23.4 Å². The number of carbonyl (C=O) groups is 3. The second kappa shape index (κ2) is 7.81. The third-order valence-corrected chi connectivity index (χ3v) is 7.07. The Morgan fingerprint density at radius 3 is 2.21 bits per heavy atom. The van der Waals surface area contributed by atoms with Gasteiger partial charge in [-0.2, -0.15) is 0 Å². The number of amides is 2. The number of nitrogens with one attached hydrogen (secondary N) is 2. The fourth-order valence-electron chi connectivity index (χ4n) is 5.94. The predicted molar refractivity (Wildman–Crippen MR) is 109 cm³/mol. The first-order chi connectivity index (χ1) is 13.8. The molecule has 4 bridgehead atoms. The molecule has 0 atom stereocenters. The van der Waals surface area contributed by atoms with Gasteiger partial charge >= 0.3 is 5.97 Å². The van der Waals surface area contributed by atoms with Crippen LogP contribution in [0.25, 0.3) is 0 Å². The number of hydrogen-bond acceptors (Lipinski definition) is 4. The highest BCUT2D eigenvalue weighted by Gasteiger charge is 2.54. The normalized spacial score (nSPS) is 29.4. The lowest BCUT2D eigenvalue weighted by atomic mass is 9.49. The topological polar surface area (TPSA) is 84.5 Å². The number of rotatable bonds is 6. The maximum Gasteiger partial charge on any atom is 0.325 e. The van der Waals surface area contributed by atoms with Crippen LogP contribution < -0.4 is 10.6 Å². The van der Waals surface area contributed by atoms with E-state index in [-0.39, 0.29) is 24.5 Å². The van der Waals surface area contributed by atoms with Crippen molar-refractivity contribution in [2.45, 2.75) is 52.4 Å². The fourth-order valence-corrected chi connectivity index (χ4v) is 5.94. The summed E-state index contributed by atoms with van der Waals surface area (Å²) in [5.74, 6) is 1.04. The minimum absolute atomic E-state index is 0.00636. The van der Waals surface area contributed by atoms with Crippen molar-refractivity contribution < 1.29 is 19.1 Å².